The fourth-order valence-corrected chi connectivity index (χ4v) is 5.67. The number of esters is 1. The van der Waals surface area contributed by atoms with Crippen molar-refractivity contribution in [3.05, 3.63) is 101 Å². The molecule has 2 aliphatic rings. The second-order valence-electron chi connectivity index (χ2n) is 10.9. The fourth-order valence-electron chi connectivity index (χ4n) is 5.67. The van der Waals surface area contributed by atoms with Crippen molar-refractivity contribution in [2.75, 3.05) is 31.1 Å². The zero-order chi connectivity index (χ0) is 28.9. The van der Waals surface area contributed by atoms with Gasteiger partial charge < -0.3 is 24.0 Å². The SMILES string of the molecule is COc1cc(OC(=O)c2ccc(C)nc2)ccc1-c1ccc2c3c1CN(c1ccccc1OC)C3=CC(C)(C)N2C. The first kappa shape index (κ1) is 26.4. The van der Waals surface area contributed by atoms with Gasteiger partial charge in [-0.2, -0.15) is 0 Å². The second-order valence-corrected chi connectivity index (χ2v) is 10.9. The van der Waals surface area contributed by atoms with E-state index in [0.29, 0.717) is 23.6 Å². The number of methoxy groups -OCH3 is 2. The van der Waals surface area contributed by atoms with Crippen LogP contribution in [0.2, 0.25) is 0 Å². The zero-order valence-electron chi connectivity index (χ0n) is 24.2. The molecule has 0 N–H and O–H groups in total. The Morgan fingerprint density at radius 1 is 0.902 bits per heavy atom. The molecule has 0 aliphatic carbocycles. The average Bonchev–Trinajstić information content (AvgIpc) is 3.34. The molecule has 0 bridgehead atoms. The molecule has 0 saturated carbocycles. The highest BCUT2D eigenvalue weighted by atomic mass is 16.5. The summed E-state index contributed by atoms with van der Waals surface area (Å²) in [4.78, 5) is 21.6. The van der Waals surface area contributed by atoms with Gasteiger partial charge in [0, 0.05) is 54.1 Å². The summed E-state index contributed by atoms with van der Waals surface area (Å²) >= 11 is 0. The Labute approximate surface area is 240 Å². The molecule has 7 heteroatoms. The topological polar surface area (TPSA) is 64.1 Å². The third-order valence-corrected chi connectivity index (χ3v) is 8.07. The molecule has 0 unspecified atom stereocenters. The zero-order valence-corrected chi connectivity index (χ0v) is 24.2. The van der Waals surface area contributed by atoms with Gasteiger partial charge in [0.05, 0.1) is 31.0 Å². The number of benzene rings is 3. The Morgan fingerprint density at radius 3 is 2.39 bits per heavy atom. The van der Waals surface area contributed by atoms with Crippen molar-refractivity contribution in [1.82, 2.24) is 4.98 Å². The molecule has 7 nitrogen and oxygen atoms in total. The molecule has 208 valence electrons. The monoisotopic (exact) mass is 547 g/mol. The maximum absolute atomic E-state index is 12.7. The number of hydrogen-bond donors (Lipinski definition) is 0. The van der Waals surface area contributed by atoms with Crippen molar-refractivity contribution in [1.29, 1.82) is 0 Å². The molecule has 3 aromatic carbocycles. The fraction of sp³-hybridized carbons (Fsp3) is 0.235. The van der Waals surface area contributed by atoms with Crippen molar-refractivity contribution < 1.29 is 19.0 Å². The van der Waals surface area contributed by atoms with Gasteiger partial charge >= 0.3 is 5.97 Å². The molecule has 0 radical (unpaired) electrons. The maximum Gasteiger partial charge on any atom is 0.345 e. The minimum atomic E-state index is -0.465. The smallest absolute Gasteiger partial charge is 0.345 e. The lowest BCUT2D eigenvalue weighted by Gasteiger charge is -2.41. The number of aryl methyl sites for hydroxylation is 1. The van der Waals surface area contributed by atoms with Crippen LogP contribution in [0.5, 0.6) is 17.2 Å². The number of nitrogens with zero attached hydrogens (tertiary/aromatic N) is 3. The highest BCUT2D eigenvalue weighted by Crippen LogP contribution is 2.52. The van der Waals surface area contributed by atoms with E-state index in [9.17, 15) is 4.79 Å². The van der Waals surface area contributed by atoms with Gasteiger partial charge in [-0.05, 0) is 80.4 Å². The van der Waals surface area contributed by atoms with E-state index in [1.54, 1.807) is 32.4 Å². The van der Waals surface area contributed by atoms with Crippen LogP contribution < -0.4 is 24.0 Å². The van der Waals surface area contributed by atoms with Gasteiger partial charge in [-0.3, -0.25) is 4.98 Å². The third-order valence-electron chi connectivity index (χ3n) is 8.07. The molecule has 0 amide bonds. The summed E-state index contributed by atoms with van der Waals surface area (Å²) in [6, 6.07) is 21.5. The van der Waals surface area contributed by atoms with E-state index >= 15 is 0 Å². The van der Waals surface area contributed by atoms with Crippen LogP contribution in [0.1, 0.15) is 41.0 Å². The minimum absolute atomic E-state index is 0.179. The van der Waals surface area contributed by atoms with E-state index in [2.05, 4.69) is 60.0 Å². The summed E-state index contributed by atoms with van der Waals surface area (Å²) in [6.07, 6.45) is 3.86. The Hall–Kier alpha value is -4.78. The van der Waals surface area contributed by atoms with Crippen LogP contribution in [0.4, 0.5) is 11.4 Å². The predicted molar refractivity (Wildman–Crippen MR) is 162 cm³/mol. The molecule has 0 atom stereocenters. The highest BCUT2D eigenvalue weighted by molar-refractivity contribution is 5.98. The molecule has 4 aromatic rings. The second kappa shape index (κ2) is 10.0. The number of ether oxygens (including phenoxy) is 3. The van der Waals surface area contributed by atoms with Gasteiger partial charge in [-0.15, -0.1) is 0 Å². The quantitative estimate of drug-likeness (QED) is 0.193. The Balaban J connectivity index is 1.43. The van der Waals surface area contributed by atoms with E-state index in [1.165, 1.54) is 28.7 Å². The largest absolute Gasteiger partial charge is 0.496 e. The summed E-state index contributed by atoms with van der Waals surface area (Å²) < 4.78 is 17.3. The molecule has 0 saturated heterocycles. The van der Waals surface area contributed by atoms with Gasteiger partial charge in [0.2, 0.25) is 0 Å². The van der Waals surface area contributed by atoms with Crippen molar-refractivity contribution in [2.24, 2.45) is 0 Å². The molecule has 0 spiro atoms. The summed E-state index contributed by atoms with van der Waals surface area (Å²) in [7, 11) is 5.48. The van der Waals surface area contributed by atoms with E-state index < -0.39 is 5.97 Å². The lowest BCUT2D eigenvalue weighted by atomic mass is 9.88. The molecule has 6 rings (SSSR count). The third kappa shape index (κ3) is 4.47. The number of aromatic nitrogens is 1. The van der Waals surface area contributed by atoms with Gasteiger partial charge in [0.1, 0.15) is 17.2 Å². The summed E-state index contributed by atoms with van der Waals surface area (Å²) in [5.41, 5.74) is 8.83. The van der Waals surface area contributed by atoms with Crippen LogP contribution >= 0.6 is 0 Å². The van der Waals surface area contributed by atoms with Crippen LogP contribution in [-0.4, -0.2) is 37.8 Å². The number of anilines is 2. The standard InChI is InChI=1S/C34H33N3O4/c1-21-11-12-22(19-35-21)33(38)41-23-13-14-25(31(17-23)40-6)24-15-16-28-32-26(24)20-37(27-9-7-8-10-30(27)39-5)29(32)18-34(2,3)36(28)4/h7-19H,20H2,1-6H3. The van der Waals surface area contributed by atoms with Crippen molar-refractivity contribution in [3.8, 4) is 28.4 Å². The van der Waals surface area contributed by atoms with Crippen molar-refractivity contribution in [3.63, 3.8) is 0 Å². The first-order valence-corrected chi connectivity index (χ1v) is 13.6. The number of pyridine rings is 1. The van der Waals surface area contributed by atoms with Gasteiger partial charge in [0.25, 0.3) is 0 Å². The van der Waals surface area contributed by atoms with Crippen LogP contribution in [0.25, 0.3) is 16.8 Å². The molecule has 3 heterocycles. The normalized spacial score (nSPS) is 14.8. The predicted octanol–water partition coefficient (Wildman–Crippen LogP) is 6.88. The first-order chi connectivity index (χ1) is 19.7. The highest BCUT2D eigenvalue weighted by Gasteiger charge is 2.39. The molecular weight excluding hydrogens is 514 g/mol. The van der Waals surface area contributed by atoms with Gasteiger partial charge in [-0.1, -0.05) is 18.2 Å². The van der Waals surface area contributed by atoms with E-state index in [1.807, 2.05) is 37.3 Å². The number of hydrogen-bond acceptors (Lipinski definition) is 7. The number of rotatable bonds is 6. The number of para-hydroxylation sites is 2. The van der Waals surface area contributed by atoms with Crippen LogP contribution in [0.3, 0.4) is 0 Å². The van der Waals surface area contributed by atoms with Crippen molar-refractivity contribution >= 4 is 23.0 Å². The van der Waals surface area contributed by atoms with Crippen LogP contribution in [0, 0.1) is 6.92 Å². The lowest BCUT2D eigenvalue weighted by molar-refractivity contribution is 0.0734. The molecule has 41 heavy (non-hydrogen) atoms. The summed E-state index contributed by atoms with van der Waals surface area (Å²) in [6.45, 7) is 7.00. The maximum atomic E-state index is 12.7. The van der Waals surface area contributed by atoms with Crippen LogP contribution in [-0.2, 0) is 6.54 Å². The van der Waals surface area contributed by atoms with E-state index in [-0.39, 0.29) is 5.54 Å². The number of likely N-dealkylation sites (N-methyl/N-ethyl adjacent to an activating group) is 1. The Morgan fingerprint density at radius 2 is 1.66 bits per heavy atom. The molecule has 2 aliphatic heterocycles. The van der Waals surface area contributed by atoms with Crippen molar-refractivity contribution in [2.45, 2.75) is 32.9 Å². The lowest BCUT2D eigenvalue weighted by Crippen LogP contribution is -2.42. The molecule has 1 aromatic heterocycles. The van der Waals surface area contributed by atoms with E-state index in [0.717, 1.165) is 28.3 Å². The van der Waals surface area contributed by atoms with Gasteiger partial charge in [-0.25, -0.2) is 4.79 Å². The minimum Gasteiger partial charge on any atom is -0.496 e. The van der Waals surface area contributed by atoms with E-state index in [4.69, 9.17) is 14.2 Å². The Bertz CT molecular complexity index is 1690. The van der Waals surface area contributed by atoms with Gasteiger partial charge in [0.15, 0.2) is 0 Å². The van der Waals surface area contributed by atoms with Crippen LogP contribution in [0.15, 0.2) is 79.0 Å². The average molecular weight is 548 g/mol. The first-order valence-electron chi connectivity index (χ1n) is 13.6. The molecule has 0 fully saturated rings. The summed E-state index contributed by atoms with van der Waals surface area (Å²) in [5.74, 6) is 1.39. The number of carbonyl (C=O) groups excluding carboxylic acids is 1. The number of carbonyl (C=O) groups is 1. The molecular formula is C34H33N3O4. The summed E-state index contributed by atoms with van der Waals surface area (Å²) in [5, 5.41) is 0. The Kier molecular flexibility index (Phi) is 6.45.